The summed E-state index contributed by atoms with van der Waals surface area (Å²) in [6.07, 6.45) is -4.58. The lowest BCUT2D eigenvalue weighted by Gasteiger charge is -2.26. The summed E-state index contributed by atoms with van der Waals surface area (Å²) in [5.41, 5.74) is -0.309. The molecule has 1 atom stereocenters. The van der Waals surface area contributed by atoms with E-state index in [0.717, 1.165) is 17.0 Å². The summed E-state index contributed by atoms with van der Waals surface area (Å²) in [6, 6.07) is 14.3. The normalized spacial score (nSPS) is 17.2. The number of aliphatic hydroxyl groups excluding tert-OH is 1. The average molecular weight is 532 g/mol. The van der Waals surface area contributed by atoms with Crippen molar-refractivity contribution in [2.45, 2.75) is 18.8 Å². The molecule has 0 spiro atoms. The summed E-state index contributed by atoms with van der Waals surface area (Å²) >= 11 is 6.19. The van der Waals surface area contributed by atoms with Gasteiger partial charge in [0.2, 0.25) is 0 Å². The first-order valence-corrected chi connectivity index (χ1v) is 11.4. The molecule has 0 bridgehead atoms. The van der Waals surface area contributed by atoms with Gasteiger partial charge >= 0.3 is 6.18 Å². The van der Waals surface area contributed by atoms with Gasteiger partial charge in [0.15, 0.2) is 0 Å². The van der Waals surface area contributed by atoms with E-state index in [9.17, 15) is 27.9 Å². The maximum atomic E-state index is 13.3. The Bertz CT molecular complexity index is 1390. The van der Waals surface area contributed by atoms with E-state index in [-0.39, 0.29) is 28.3 Å². The topological polar surface area (TPSA) is 76.1 Å². The zero-order chi connectivity index (χ0) is 26.9. The number of halogens is 4. The Hall–Kier alpha value is -3.98. The Morgan fingerprint density at radius 3 is 2.30 bits per heavy atom. The van der Waals surface area contributed by atoms with Crippen LogP contribution in [0.4, 0.5) is 13.2 Å². The van der Waals surface area contributed by atoms with Gasteiger partial charge in [-0.15, -0.1) is 0 Å². The number of ether oxygens (including phenoxy) is 2. The van der Waals surface area contributed by atoms with Crippen LogP contribution < -0.4 is 9.47 Å². The number of carbonyl (C=O) groups is 2. The number of rotatable bonds is 6. The number of aliphatic hydroxyl groups is 1. The summed E-state index contributed by atoms with van der Waals surface area (Å²) in [5.74, 6) is -1.55. The Kier molecular flexibility index (Phi) is 7.18. The van der Waals surface area contributed by atoms with Gasteiger partial charge in [-0.3, -0.25) is 9.59 Å². The maximum absolute atomic E-state index is 13.3. The Morgan fingerprint density at radius 1 is 1.00 bits per heavy atom. The van der Waals surface area contributed by atoms with E-state index < -0.39 is 35.2 Å². The van der Waals surface area contributed by atoms with Gasteiger partial charge in [-0.25, -0.2) is 0 Å². The molecule has 1 N–H and O–H groups in total. The van der Waals surface area contributed by atoms with Gasteiger partial charge in [-0.05, 0) is 53.6 Å². The number of hydrogen-bond donors (Lipinski definition) is 1. The van der Waals surface area contributed by atoms with Crippen molar-refractivity contribution in [3.8, 4) is 11.5 Å². The Morgan fingerprint density at radius 2 is 1.70 bits per heavy atom. The number of ketones is 1. The molecule has 1 aliphatic rings. The molecule has 1 saturated heterocycles. The van der Waals surface area contributed by atoms with Crippen molar-refractivity contribution in [2.75, 3.05) is 14.2 Å². The van der Waals surface area contributed by atoms with Crippen molar-refractivity contribution in [3.05, 3.63) is 99.6 Å². The second-order valence-electron chi connectivity index (χ2n) is 8.25. The number of hydrogen-bond acceptors (Lipinski definition) is 5. The minimum Gasteiger partial charge on any atom is -0.507 e. The summed E-state index contributed by atoms with van der Waals surface area (Å²) in [5, 5.41) is 11.3. The number of benzene rings is 3. The fourth-order valence-corrected chi connectivity index (χ4v) is 4.45. The zero-order valence-electron chi connectivity index (χ0n) is 19.7. The van der Waals surface area contributed by atoms with Crippen LogP contribution in [0.25, 0.3) is 5.76 Å². The van der Waals surface area contributed by atoms with E-state index in [0.29, 0.717) is 17.1 Å². The minimum atomic E-state index is -4.58. The predicted molar refractivity (Wildman–Crippen MR) is 130 cm³/mol. The molecule has 37 heavy (non-hydrogen) atoms. The van der Waals surface area contributed by atoms with Crippen molar-refractivity contribution in [1.29, 1.82) is 0 Å². The van der Waals surface area contributed by atoms with Crippen LogP contribution in [0.1, 0.15) is 28.3 Å². The highest BCUT2D eigenvalue weighted by Gasteiger charge is 2.46. The second kappa shape index (κ2) is 10.2. The first-order valence-electron chi connectivity index (χ1n) is 11.0. The highest BCUT2D eigenvalue weighted by atomic mass is 35.5. The van der Waals surface area contributed by atoms with Crippen LogP contribution in [0.3, 0.4) is 0 Å². The van der Waals surface area contributed by atoms with Crippen LogP contribution in [0, 0.1) is 0 Å². The monoisotopic (exact) mass is 531 g/mol. The molecule has 0 saturated carbocycles. The molecular weight excluding hydrogens is 511 g/mol. The molecule has 0 aliphatic carbocycles. The molecule has 1 heterocycles. The van der Waals surface area contributed by atoms with Crippen LogP contribution in [-0.4, -0.2) is 35.9 Å². The van der Waals surface area contributed by atoms with Gasteiger partial charge in [0.1, 0.15) is 17.3 Å². The van der Waals surface area contributed by atoms with E-state index in [4.69, 9.17) is 21.1 Å². The summed E-state index contributed by atoms with van der Waals surface area (Å²) in [4.78, 5) is 27.5. The van der Waals surface area contributed by atoms with Crippen LogP contribution >= 0.6 is 11.6 Å². The van der Waals surface area contributed by atoms with Gasteiger partial charge in [0.05, 0.1) is 36.4 Å². The van der Waals surface area contributed by atoms with Crippen molar-refractivity contribution in [1.82, 2.24) is 4.90 Å². The highest BCUT2D eigenvalue weighted by molar-refractivity contribution is 6.46. The quantitative estimate of drug-likeness (QED) is 0.240. The lowest BCUT2D eigenvalue weighted by atomic mass is 9.95. The molecule has 4 rings (SSSR count). The molecule has 3 aromatic rings. The molecule has 3 aromatic carbocycles. The van der Waals surface area contributed by atoms with E-state index in [1.807, 2.05) is 0 Å². The van der Waals surface area contributed by atoms with Gasteiger partial charge < -0.3 is 19.5 Å². The van der Waals surface area contributed by atoms with Gasteiger partial charge in [0.25, 0.3) is 11.7 Å². The Labute approximate surface area is 215 Å². The van der Waals surface area contributed by atoms with Gasteiger partial charge in [0, 0.05) is 12.1 Å². The molecule has 1 fully saturated rings. The second-order valence-corrected chi connectivity index (χ2v) is 8.65. The number of amides is 1. The molecular formula is C27H21ClF3NO5. The molecule has 1 amide bonds. The standard InChI is InChI=1S/C27H21ClF3NO5/c1-36-19-9-6-16(7-10-19)23-22(24(33)17-8-11-21(37-2)20(28)13-17)25(34)26(35)32(23)14-15-4-3-5-18(12-15)27(29,30)31/h3-13,23,33H,14H2,1-2H3/b24-22+. The third kappa shape index (κ3) is 5.13. The highest BCUT2D eigenvalue weighted by Crippen LogP contribution is 2.42. The van der Waals surface area contributed by atoms with Crippen LogP contribution in [0.5, 0.6) is 11.5 Å². The van der Waals surface area contributed by atoms with E-state index >= 15 is 0 Å². The summed E-state index contributed by atoms with van der Waals surface area (Å²) in [6.45, 7) is -0.300. The number of Topliss-reactive ketones (excluding diaryl/α,β-unsaturated/α-hetero) is 1. The number of methoxy groups -OCH3 is 2. The maximum Gasteiger partial charge on any atom is 0.416 e. The first-order chi connectivity index (χ1) is 17.5. The number of carbonyl (C=O) groups excluding carboxylic acids is 2. The minimum absolute atomic E-state index is 0.168. The number of alkyl halides is 3. The molecule has 0 aromatic heterocycles. The lowest BCUT2D eigenvalue weighted by Crippen LogP contribution is -2.29. The fourth-order valence-electron chi connectivity index (χ4n) is 4.19. The molecule has 1 aliphatic heterocycles. The largest absolute Gasteiger partial charge is 0.507 e. The van der Waals surface area contributed by atoms with Crippen LogP contribution in [-0.2, 0) is 22.3 Å². The molecule has 10 heteroatoms. The molecule has 0 radical (unpaired) electrons. The third-order valence-electron chi connectivity index (χ3n) is 6.00. The van der Waals surface area contributed by atoms with Crippen molar-refractivity contribution in [3.63, 3.8) is 0 Å². The number of nitrogens with zero attached hydrogens (tertiary/aromatic N) is 1. The van der Waals surface area contributed by atoms with Crippen molar-refractivity contribution < 1.29 is 37.3 Å². The molecule has 6 nitrogen and oxygen atoms in total. The van der Waals surface area contributed by atoms with E-state index in [1.165, 1.54) is 44.6 Å². The SMILES string of the molecule is COc1ccc(C2/C(=C(\O)c3ccc(OC)c(Cl)c3)C(=O)C(=O)N2Cc2cccc(C(F)(F)F)c2)cc1. The van der Waals surface area contributed by atoms with Gasteiger partial charge in [-0.2, -0.15) is 13.2 Å². The fraction of sp³-hybridized carbons (Fsp3) is 0.185. The third-order valence-corrected chi connectivity index (χ3v) is 6.30. The number of likely N-dealkylation sites (tertiary alicyclic amines) is 1. The van der Waals surface area contributed by atoms with E-state index in [1.54, 1.807) is 24.3 Å². The smallest absolute Gasteiger partial charge is 0.416 e. The molecule has 1 unspecified atom stereocenters. The van der Waals surface area contributed by atoms with Crippen LogP contribution in [0.15, 0.2) is 72.3 Å². The van der Waals surface area contributed by atoms with Crippen molar-refractivity contribution >= 4 is 29.1 Å². The van der Waals surface area contributed by atoms with Crippen molar-refractivity contribution in [2.24, 2.45) is 0 Å². The lowest BCUT2D eigenvalue weighted by molar-refractivity contribution is -0.140. The summed E-state index contributed by atoms with van der Waals surface area (Å²) < 4.78 is 50.1. The molecule has 192 valence electrons. The zero-order valence-corrected chi connectivity index (χ0v) is 20.4. The predicted octanol–water partition coefficient (Wildman–Crippen LogP) is 6.00. The van der Waals surface area contributed by atoms with Crippen LogP contribution in [0.2, 0.25) is 5.02 Å². The summed E-state index contributed by atoms with van der Waals surface area (Å²) in [7, 11) is 2.89. The first kappa shape index (κ1) is 26.1. The van der Waals surface area contributed by atoms with E-state index in [2.05, 4.69) is 0 Å². The van der Waals surface area contributed by atoms with Gasteiger partial charge in [-0.1, -0.05) is 35.9 Å². The average Bonchev–Trinajstić information content (AvgIpc) is 3.12. The Balaban J connectivity index is 1.84.